The van der Waals surface area contributed by atoms with E-state index >= 15 is 0 Å². The van der Waals surface area contributed by atoms with Gasteiger partial charge in [-0.05, 0) is 49.2 Å². The molecule has 1 N–H and O–H groups in total. The highest BCUT2D eigenvalue weighted by Crippen LogP contribution is 2.20. The van der Waals surface area contributed by atoms with Crippen LogP contribution < -0.4 is 5.32 Å². The second-order valence-corrected chi connectivity index (χ2v) is 5.61. The fraction of sp³-hybridized carbons (Fsp3) is 0.167. The fourth-order valence-electron chi connectivity index (χ4n) is 2.08. The molecule has 0 aliphatic rings. The molecule has 0 saturated heterocycles. The van der Waals surface area contributed by atoms with Crippen LogP contribution in [0.3, 0.4) is 0 Å². The molecule has 0 aromatic heterocycles. The summed E-state index contributed by atoms with van der Waals surface area (Å²) in [5.41, 5.74) is 2.74. The molecule has 0 aliphatic carbocycles. The van der Waals surface area contributed by atoms with E-state index in [-0.39, 0.29) is 11.3 Å². The average molecular weight is 343 g/mol. The highest BCUT2D eigenvalue weighted by Gasteiger charge is 2.14. The van der Waals surface area contributed by atoms with Gasteiger partial charge in [0.15, 0.2) is 6.61 Å². The molecule has 0 heterocycles. The van der Waals surface area contributed by atoms with Gasteiger partial charge in [0, 0.05) is 5.02 Å². The molecule has 2 aromatic rings. The molecule has 0 saturated carbocycles. The number of carbonyl (C=O) groups is 2. The van der Waals surface area contributed by atoms with Gasteiger partial charge in [0.2, 0.25) is 0 Å². The number of aryl methyl sites for hydroxylation is 1. The lowest BCUT2D eigenvalue weighted by Gasteiger charge is -2.10. The summed E-state index contributed by atoms with van der Waals surface area (Å²) in [6.45, 7) is 3.25. The van der Waals surface area contributed by atoms with Crippen molar-refractivity contribution in [3.8, 4) is 6.07 Å². The maximum absolute atomic E-state index is 12.1. The SMILES string of the molecule is Cc1cccc(C(=O)OCC(=O)Nc2cc(Cl)ccc2C#N)c1C. The van der Waals surface area contributed by atoms with Crippen molar-refractivity contribution in [2.75, 3.05) is 11.9 Å². The minimum Gasteiger partial charge on any atom is -0.452 e. The third kappa shape index (κ3) is 4.12. The summed E-state index contributed by atoms with van der Waals surface area (Å²) in [4.78, 5) is 24.0. The average Bonchev–Trinajstić information content (AvgIpc) is 2.55. The Hall–Kier alpha value is -2.84. The molecular formula is C18H15ClN2O3. The minimum absolute atomic E-state index is 0.272. The quantitative estimate of drug-likeness (QED) is 0.860. The van der Waals surface area contributed by atoms with E-state index in [1.165, 1.54) is 12.1 Å². The smallest absolute Gasteiger partial charge is 0.338 e. The molecule has 0 fully saturated rings. The van der Waals surface area contributed by atoms with Gasteiger partial charge in [0.1, 0.15) is 6.07 Å². The number of hydrogen-bond donors (Lipinski definition) is 1. The van der Waals surface area contributed by atoms with Gasteiger partial charge in [-0.3, -0.25) is 4.79 Å². The summed E-state index contributed by atoms with van der Waals surface area (Å²) in [6, 6.07) is 11.8. The first-order valence-electron chi connectivity index (χ1n) is 7.15. The van der Waals surface area contributed by atoms with Crippen molar-refractivity contribution in [2.24, 2.45) is 0 Å². The highest BCUT2D eigenvalue weighted by atomic mass is 35.5. The number of rotatable bonds is 4. The van der Waals surface area contributed by atoms with Crippen LogP contribution >= 0.6 is 11.6 Å². The Morgan fingerprint density at radius 1 is 1.25 bits per heavy atom. The molecule has 0 bridgehead atoms. The van der Waals surface area contributed by atoms with Crippen molar-refractivity contribution in [3.63, 3.8) is 0 Å². The zero-order valence-corrected chi connectivity index (χ0v) is 14.0. The molecule has 0 unspecified atom stereocenters. The Bertz CT molecular complexity index is 841. The summed E-state index contributed by atoms with van der Waals surface area (Å²) in [5, 5.41) is 11.9. The lowest BCUT2D eigenvalue weighted by Crippen LogP contribution is -2.21. The molecule has 122 valence electrons. The Morgan fingerprint density at radius 2 is 2.00 bits per heavy atom. The molecule has 0 atom stereocenters. The summed E-state index contributed by atoms with van der Waals surface area (Å²) < 4.78 is 5.03. The Kier molecular flexibility index (Phi) is 5.56. The number of carbonyl (C=O) groups excluding carboxylic acids is 2. The van der Waals surface area contributed by atoms with E-state index in [0.29, 0.717) is 10.6 Å². The van der Waals surface area contributed by atoms with E-state index in [0.717, 1.165) is 11.1 Å². The van der Waals surface area contributed by atoms with Crippen LogP contribution in [0.2, 0.25) is 5.02 Å². The molecule has 24 heavy (non-hydrogen) atoms. The first kappa shape index (κ1) is 17.5. The van der Waals surface area contributed by atoms with Gasteiger partial charge in [0.25, 0.3) is 5.91 Å². The van der Waals surface area contributed by atoms with Gasteiger partial charge in [-0.25, -0.2) is 4.79 Å². The minimum atomic E-state index is -0.571. The molecular weight excluding hydrogens is 328 g/mol. The van der Waals surface area contributed by atoms with Crippen LogP contribution in [0.15, 0.2) is 36.4 Å². The normalized spacial score (nSPS) is 9.92. The number of benzene rings is 2. The molecule has 2 rings (SSSR count). The summed E-state index contributed by atoms with van der Waals surface area (Å²) in [6.07, 6.45) is 0. The van der Waals surface area contributed by atoms with Crippen molar-refractivity contribution in [3.05, 3.63) is 63.7 Å². The Labute approximate surface area is 144 Å². The van der Waals surface area contributed by atoms with E-state index in [1.54, 1.807) is 18.2 Å². The van der Waals surface area contributed by atoms with Gasteiger partial charge < -0.3 is 10.1 Å². The number of halogens is 1. The van der Waals surface area contributed by atoms with E-state index < -0.39 is 18.5 Å². The van der Waals surface area contributed by atoms with E-state index in [2.05, 4.69) is 5.32 Å². The Balaban J connectivity index is 2.01. The maximum Gasteiger partial charge on any atom is 0.338 e. The lowest BCUT2D eigenvalue weighted by molar-refractivity contribution is -0.119. The van der Waals surface area contributed by atoms with Crippen molar-refractivity contribution < 1.29 is 14.3 Å². The standard InChI is InChI=1S/C18H15ClN2O3/c1-11-4-3-5-15(12(11)2)18(23)24-10-17(22)21-16-8-14(19)7-6-13(16)9-20/h3-8H,10H2,1-2H3,(H,21,22). The number of anilines is 1. The monoisotopic (exact) mass is 342 g/mol. The number of nitrogens with zero attached hydrogens (tertiary/aromatic N) is 1. The highest BCUT2D eigenvalue weighted by molar-refractivity contribution is 6.31. The summed E-state index contributed by atoms with van der Waals surface area (Å²) >= 11 is 5.85. The van der Waals surface area contributed by atoms with Crippen LogP contribution in [0.5, 0.6) is 0 Å². The van der Waals surface area contributed by atoms with E-state index in [1.807, 2.05) is 26.0 Å². The van der Waals surface area contributed by atoms with Gasteiger partial charge in [-0.1, -0.05) is 23.7 Å². The van der Waals surface area contributed by atoms with Crippen LogP contribution in [0.25, 0.3) is 0 Å². The lowest BCUT2D eigenvalue weighted by atomic mass is 10.0. The van der Waals surface area contributed by atoms with Crippen molar-refractivity contribution in [1.29, 1.82) is 5.26 Å². The summed E-state index contributed by atoms with van der Waals surface area (Å²) in [7, 11) is 0. The molecule has 6 heteroatoms. The van der Waals surface area contributed by atoms with Crippen LogP contribution in [-0.2, 0) is 9.53 Å². The van der Waals surface area contributed by atoms with Gasteiger partial charge in [0.05, 0.1) is 16.8 Å². The van der Waals surface area contributed by atoms with E-state index in [4.69, 9.17) is 21.6 Å². The third-order valence-electron chi connectivity index (χ3n) is 3.54. The number of nitriles is 1. The molecule has 5 nitrogen and oxygen atoms in total. The van der Waals surface area contributed by atoms with Gasteiger partial charge in [-0.2, -0.15) is 5.26 Å². The van der Waals surface area contributed by atoms with Crippen LogP contribution in [0.4, 0.5) is 5.69 Å². The fourth-order valence-corrected chi connectivity index (χ4v) is 2.26. The zero-order chi connectivity index (χ0) is 17.7. The largest absolute Gasteiger partial charge is 0.452 e. The van der Waals surface area contributed by atoms with Crippen molar-refractivity contribution in [1.82, 2.24) is 0 Å². The second kappa shape index (κ2) is 7.62. The molecule has 0 radical (unpaired) electrons. The first-order valence-corrected chi connectivity index (χ1v) is 7.53. The zero-order valence-electron chi connectivity index (χ0n) is 13.2. The van der Waals surface area contributed by atoms with Crippen LogP contribution in [0.1, 0.15) is 27.0 Å². The molecule has 0 aliphatic heterocycles. The number of amides is 1. The third-order valence-corrected chi connectivity index (χ3v) is 3.77. The molecule has 1 amide bonds. The number of ether oxygens (including phenoxy) is 1. The molecule has 2 aromatic carbocycles. The number of hydrogen-bond acceptors (Lipinski definition) is 4. The van der Waals surface area contributed by atoms with Crippen LogP contribution in [-0.4, -0.2) is 18.5 Å². The first-order chi connectivity index (χ1) is 11.4. The summed E-state index contributed by atoms with van der Waals surface area (Å²) in [5.74, 6) is -1.12. The van der Waals surface area contributed by atoms with Crippen molar-refractivity contribution in [2.45, 2.75) is 13.8 Å². The second-order valence-electron chi connectivity index (χ2n) is 5.17. The number of esters is 1. The molecule has 0 spiro atoms. The van der Waals surface area contributed by atoms with E-state index in [9.17, 15) is 9.59 Å². The number of nitrogens with one attached hydrogen (secondary N) is 1. The van der Waals surface area contributed by atoms with Gasteiger partial charge >= 0.3 is 5.97 Å². The topological polar surface area (TPSA) is 79.2 Å². The maximum atomic E-state index is 12.1. The van der Waals surface area contributed by atoms with Gasteiger partial charge in [-0.15, -0.1) is 0 Å². The predicted molar refractivity (Wildman–Crippen MR) is 91.0 cm³/mol. The van der Waals surface area contributed by atoms with Crippen molar-refractivity contribution >= 4 is 29.2 Å². The Morgan fingerprint density at radius 3 is 2.71 bits per heavy atom. The van der Waals surface area contributed by atoms with Crippen LogP contribution in [0, 0.1) is 25.2 Å². The predicted octanol–water partition coefficient (Wildman–Crippen LogP) is 3.62.